The van der Waals surface area contributed by atoms with E-state index in [0.717, 1.165) is 16.6 Å². The molecule has 8 nitrogen and oxygen atoms in total. The van der Waals surface area contributed by atoms with Gasteiger partial charge in [0.25, 0.3) is 11.8 Å². The van der Waals surface area contributed by atoms with Crippen molar-refractivity contribution in [1.29, 1.82) is 0 Å². The number of amides is 2. The molecule has 164 valence electrons. The van der Waals surface area contributed by atoms with Gasteiger partial charge in [0.1, 0.15) is 0 Å². The van der Waals surface area contributed by atoms with Crippen LogP contribution in [0, 0.1) is 13.8 Å². The van der Waals surface area contributed by atoms with Gasteiger partial charge >= 0.3 is 0 Å². The molecule has 0 bridgehead atoms. The number of aryl methyl sites for hydroxylation is 3. The number of nitrogens with zero attached hydrogens (tertiary/aromatic N) is 4. The highest BCUT2D eigenvalue weighted by Crippen LogP contribution is 2.27. The number of anilines is 1. The number of carbonyl (C=O) groups is 2. The van der Waals surface area contributed by atoms with Crippen LogP contribution in [0.3, 0.4) is 0 Å². The summed E-state index contributed by atoms with van der Waals surface area (Å²) in [6.45, 7) is 8.66. The minimum Gasteiger partial charge on any atom is -0.466 e. The number of hydrogen-bond donors (Lipinski definition) is 1. The first-order valence-corrected chi connectivity index (χ1v) is 10.4. The molecule has 3 aromatic rings. The SMILES string of the molecule is CCN(CC)C(=O)c1ccc(NC(=O)COc2nn(C)c3nc(C)cc(C)c23)cc1Cl. The Morgan fingerprint density at radius 1 is 1.19 bits per heavy atom. The summed E-state index contributed by atoms with van der Waals surface area (Å²) < 4.78 is 7.30. The number of benzene rings is 1. The highest BCUT2D eigenvalue weighted by Gasteiger charge is 2.18. The molecule has 1 N–H and O–H groups in total. The second-order valence-electron chi connectivity index (χ2n) is 7.22. The van der Waals surface area contributed by atoms with Crippen LogP contribution in [0.15, 0.2) is 24.3 Å². The minimum atomic E-state index is -0.365. The number of hydrogen-bond acceptors (Lipinski definition) is 5. The van der Waals surface area contributed by atoms with Crippen molar-refractivity contribution in [3.8, 4) is 5.88 Å². The van der Waals surface area contributed by atoms with Gasteiger partial charge in [-0.1, -0.05) is 11.6 Å². The minimum absolute atomic E-state index is 0.141. The van der Waals surface area contributed by atoms with Crippen molar-refractivity contribution < 1.29 is 14.3 Å². The van der Waals surface area contributed by atoms with Gasteiger partial charge in [-0.05, 0) is 57.5 Å². The molecule has 0 unspecified atom stereocenters. The molecule has 2 aromatic heterocycles. The van der Waals surface area contributed by atoms with Crippen LogP contribution < -0.4 is 10.1 Å². The molecular formula is C22H26ClN5O3. The van der Waals surface area contributed by atoms with Crippen molar-refractivity contribution in [3.05, 3.63) is 46.1 Å². The number of aromatic nitrogens is 3. The number of pyridine rings is 1. The summed E-state index contributed by atoms with van der Waals surface area (Å²) in [5.41, 5.74) is 3.45. The highest BCUT2D eigenvalue weighted by molar-refractivity contribution is 6.34. The molecule has 0 aliphatic carbocycles. The Bertz CT molecular complexity index is 1140. The van der Waals surface area contributed by atoms with Gasteiger partial charge in [0.15, 0.2) is 12.3 Å². The molecule has 0 radical (unpaired) electrons. The van der Waals surface area contributed by atoms with Crippen LogP contribution in [-0.2, 0) is 11.8 Å². The molecule has 0 saturated carbocycles. The quantitative estimate of drug-likeness (QED) is 0.600. The van der Waals surface area contributed by atoms with E-state index in [0.29, 0.717) is 35.9 Å². The van der Waals surface area contributed by atoms with Crippen molar-refractivity contribution in [3.63, 3.8) is 0 Å². The van der Waals surface area contributed by atoms with E-state index in [9.17, 15) is 9.59 Å². The molecule has 9 heteroatoms. The third kappa shape index (κ3) is 4.80. The second-order valence-corrected chi connectivity index (χ2v) is 7.62. The Hall–Kier alpha value is -3.13. The molecule has 0 spiro atoms. The molecule has 3 rings (SSSR count). The third-order valence-corrected chi connectivity index (χ3v) is 5.27. The van der Waals surface area contributed by atoms with Crippen molar-refractivity contribution in [2.24, 2.45) is 7.05 Å². The smallest absolute Gasteiger partial charge is 0.262 e. The Balaban J connectivity index is 1.69. The summed E-state index contributed by atoms with van der Waals surface area (Å²) in [5.74, 6) is -0.149. The molecule has 0 aliphatic heterocycles. The van der Waals surface area contributed by atoms with E-state index in [1.165, 1.54) is 0 Å². The van der Waals surface area contributed by atoms with Gasteiger partial charge in [0.05, 0.1) is 16.0 Å². The summed E-state index contributed by atoms with van der Waals surface area (Å²) in [6.07, 6.45) is 0. The highest BCUT2D eigenvalue weighted by atomic mass is 35.5. The lowest BCUT2D eigenvalue weighted by Crippen LogP contribution is -2.30. The van der Waals surface area contributed by atoms with Gasteiger partial charge in [-0.2, -0.15) is 0 Å². The predicted octanol–water partition coefficient (Wildman–Crippen LogP) is 3.74. The maximum absolute atomic E-state index is 12.5. The van der Waals surface area contributed by atoms with Gasteiger partial charge in [0, 0.05) is 31.5 Å². The lowest BCUT2D eigenvalue weighted by atomic mass is 10.1. The Kier molecular flexibility index (Phi) is 6.80. The van der Waals surface area contributed by atoms with Crippen LogP contribution in [0.1, 0.15) is 35.5 Å². The Morgan fingerprint density at radius 3 is 2.55 bits per heavy atom. The van der Waals surface area contributed by atoms with Gasteiger partial charge in [0.2, 0.25) is 5.88 Å². The monoisotopic (exact) mass is 443 g/mol. The first-order valence-electron chi connectivity index (χ1n) is 10.1. The molecule has 0 atom stereocenters. The van der Waals surface area contributed by atoms with Gasteiger partial charge < -0.3 is 15.0 Å². The summed E-state index contributed by atoms with van der Waals surface area (Å²) in [4.78, 5) is 31.1. The summed E-state index contributed by atoms with van der Waals surface area (Å²) in [7, 11) is 1.78. The van der Waals surface area contributed by atoms with Crippen LogP contribution in [-0.4, -0.2) is 51.2 Å². The normalized spacial score (nSPS) is 10.9. The maximum atomic E-state index is 12.5. The first kappa shape index (κ1) is 22.6. The van der Waals surface area contributed by atoms with Crippen LogP contribution in [0.4, 0.5) is 5.69 Å². The predicted molar refractivity (Wildman–Crippen MR) is 121 cm³/mol. The fourth-order valence-electron chi connectivity index (χ4n) is 3.43. The zero-order chi connectivity index (χ0) is 22.7. The topological polar surface area (TPSA) is 89.4 Å². The van der Waals surface area contributed by atoms with Crippen molar-refractivity contribution in [2.75, 3.05) is 25.0 Å². The summed E-state index contributed by atoms with van der Waals surface area (Å²) in [5, 5.41) is 8.13. The van der Waals surface area contributed by atoms with E-state index in [1.807, 2.05) is 33.8 Å². The van der Waals surface area contributed by atoms with E-state index in [-0.39, 0.29) is 23.4 Å². The second kappa shape index (κ2) is 9.34. The van der Waals surface area contributed by atoms with E-state index in [1.54, 1.807) is 34.8 Å². The van der Waals surface area contributed by atoms with E-state index in [4.69, 9.17) is 16.3 Å². The zero-order valence-corrected chi connectivity index (χ0v) is 19.1. The van der Waals surface area contributed by atoms with E-state index in [2.05, 4.69) is 15.4 Å². The van der Waals surface area contributed by atoms with Gasteiger partial charge in [-0.15, -0.1) is 5.10 Å². The lowest BCUT2D eigenvalue weighted by Gasteiger charge is -2.19. The number of fused-ring (bicyclic) bond motifs is 1. The van der Waals surface area contributed by atoms with Crippen molar-refractivity contribution in [2.45, 2.75) is 27.7 Å². The summed E-state index contributed by atoms with van der Waals surface area (Å²) in [6, 6.07) is 6.76. The van der Waals surface area contributed by atoms with Crippen LogP contribution in [0.2, 0.25) is 5.02 Å². The molecule has 1 aromatic carbocycles. The van der Waals surface area contributed by atoms with E-state index >= 15 is 0 Å². The molecule has 2 amide bonds. The fraction of sp³-hybridized carbons (Fsp3) is 0.364. The summed E-state index contributed by atoms with van der Waals surface area (Å²) >= 11 is 6.29. The standard InChI is InChI=1S/C22H26ClN5O3/c1-6-28(7-2)22(30)16-9-8-15(11-17(16)23)25-18(29)12-31-21-19-13(3)10-14(4)24-20(19)27(5)26-21/h8-11H,6-7,12H2,1-5H3,(H,25,29). The zero-order valence-electron chi connectivity index (χ0n) is 18.3. The van der Waals surface area contributed by atoms with Gasteiger partial charge in [-0.25, -0.2) is 9.67 Å². The average molecular weight is 444 g/mol. The number of ether oxygens (including phenoxy) is 1. The number of halogens is 1. The lowest BCUT2D eigenvalue weighted by molar-refractivity contribution is -0.118. The molecule has 0 saturated heterocycles. The maximum Gasteiger partial charge on any atom is 0.262 e. The van der Waals surface area contributed by atoms with Crippen LogP contribution >= 0.6 is 11.6 Å². The van der Waals surface area contributed by atoms with Gasteiger partial charge in [-0.3, -0.25) is 9.59 Å². The average Bonchev–Trinajstić information content (AvgIpc) is 3.03. The fourth-order valence-corrected chi connectivity index (χ4v) is 3.69. The first-order chi connectivity index (χ1) is 14.7. The Morgan fingerprint density at radius 2 is 1.90 bits per heavy atom. The molecule has 31 heavy (non-hydrogen) atoms. The Labute approximate surface area is 186 Å². The number of rotatable bonds is 7. The molecule has 2 heterocycles. The largest absolute Gasteiger partial charge is 0.466 e. The van der Waals surface area contributed by atoms with E-state index < -0.39 is 0 Å². The molecule has 0 aliphatic rings. The molecule has 0 fully saturated rings. The van der Waals surface area contributed by atoms with Crippen LogP contribution in [0.5, 0.6) is 5.88 Å². The van der Waals surface area contributed by atoms with Crippen molar-refractivity contribution >= 4 is 40.1 Å². The number of nitrogens with one attached hydrogen (secondary N) is 1. The third-order valence-electron chi connectivity index (χ3n) is 4.96. The number of carbonyl (C=O) groups excluding carboxylic acids is 2. The van der Waals surface area contributed by atoms with Crippen LogP contribution in [0.25, 0.3) is 11.0 Å². The van der Waals surface area contributed by atoms with Crippen molar-refractivity contribution in [1.82, 2.24) is 19.7 Å². The molecular weight excluding hydrogens is 418 g/mol.